The normalized spacial score (nSPS) is 11.1. The zero-order valence-electron chi connectivity index (χ0n) is 11.4. The zero-order valence-corrected chi connectivity index (χ0v) is 12.1. The largest absolute Gasteiger partial charge is 0.322 e. The highest BCUT2D eigenvalue weighted by Crippen LogP contribution is 2.21. The third-order valence-corrected chi connectivity index (χ3v) is 3.60. The number of alkyl halides is 1. The van der Waals surface area contributed by atoms with E-state index < -0.39 is 0 Å². The third kappa shape index (κ3) is 2.41. The summed E-state index contributed by atoms with van der Waals surface area (Å²) in [5.41, 5.74) is 4.47. The predicted molar refractivity (Wildman–Crippen MR) is 82.2 cm³/mol. The molecule has 0 aliphatic carbocycles. The first-order chi connectivity index (χ1) is 9.79. The molecule has 0 bridgehead atoms. The number of hydrogen-bond acceptors (Lipinski definition) is 2. The van der Waals surface area contributed by atoms with Crippen molar-refractivity contribution in [3.8, 4) is 0 Å². The number of aryl methyl sites for hydroxylation is 2. The van der Waals surface area contributed by atoms with E-state index in [0.717, 1.165) is 30.0 Å². The molecule has 0 aliphatic rings. The van der Waals surface area contributed by atoms with Crippen LogP contribution in [0, 0.1) is 6.92 Å². The summed E-state index contributed by atoms with van der Waals surface area (Å²) in [6.07, 6.45) is 2.59. The number of pyridine rings is 1. The Morgan fingerprint density at radius 2 is 2.05 bits per heavy atom. The lowest BCUT2D eigenvalue weighted by atomic mass is 10.2. The summed E-state index contributed by atoms with van der Waals surface area (Å²) in [5.74, 6) is 1.60. The van der Waals surface area contributed by atoms with Gasteiger partial charge in [-0.05, 0) is 30.7 Å². The van der Waals surface area contributed by atoms with Crippen LogP contribution in [0.3, 0.4) is 0 Å². The minimum atomic E-state index is 0.574. The number of halogens is 1. The van der Waals surface area contributed by atoms with Crippen LogP contribution in [-0.4, -0.2) is 20.4 Å². The Bertz CT molecular complexity index is 719. The Balaban J connectivity index is 2.13. The maximum atomic E-state index is 5.91. The quantitative estimate of drug-likeness (QED) is 0.686. The van der Waals surface area contributed by atoms with E-state index in [1.54, 1.807) is 0 Å². The molecule has 0 spiro atoms. The average Bonchev–Trinajstić information content (AvgIpc) is 2.80. The van der Waals surface area contributed by atoms with Gasteiger partial charge in [0.15, 0.2) is 0 Å². The van der Waals surface area contributed by atoms with Crippen LogP contribution in [0.15, 0.2) is 42.6 Å². The van der Waals surface area contributed by atoms with Crippen LogP contribution in [0.4, 0.5) is 0 Å². The van der Waals surface area contributed by atoms with Crippen molar-refractivity contribution in [3.63, 3.8) is 0 Å². The minimum absolute atomic E-state index is 0.574. The summed E-state index contributed by atoms with van der Waals surface area (Å²) in [5, 5.41) is 0. The number of nitrogens with zero attached hydrogens (tertiary/aromatic N) is 3. The molecular formula is C16H16ClN3. The summed E-state index contributed by atoms with van der Waals surface area (Å²) >= 11 is 5.91. The van der Waals surface area contributed by atoms with Crippen LogP contribution in [0.1, 0.15) is 17.1 Å². The SMILES string of the molecule is Cc1cccc2nc(CCCl)n(Cc3ccccn3)c12. The van der Waals surface area contributed by atoms with Gasteiger partial charge in [-0.3, -0.25) is 4.98 Å². The van der Waals surface area contributed by atoms with Gasteiger partial charge in [0, 0.05) is 18.5 Å². The summed E-state index contributed by atoms with van der Waals surface area (Å²) in [6.45, 7) is 2.85. The smallest absolute Gasteiger partial charge is 0.111 e. The van der Waals surface area contributed by atoms with Crippen LogP contribution in [0.2, 0.25) is 0 Å². The van der Waals surface area contributed by atoms with Gasteiger partial charge in [-0.25, -0.2) is 4.98 Å². The molecule has 0 N–H and O–H groups in total. The van der Waals surface area contributed by atoms with Crippen LogP contribution in [-0.2, 0) is 13.0 Å². The Labute approximate surface area is 123 Å². The first-order valence-electron chi connectivity index (χ1n) is 6.70. The van der Waals surface area contributed by atoms with E-state index in [-0.39, 0.29) is 0 Å². The van der Waals surface area contributed by atoms with Gasteiger partial charge < -0.3 is 4.57 Å². The Morgan fingerprint density at radius 1 is 1.15 bits per heavy atom. The highest BCUT2D eigenvalue weighted by atomic mass is 35.5. The maximum Gasteiger partial charge on any atom is 0.111 e. The zero-order chi connectivity index (χ0) is 13.9. The van der Waals surface area contributed by atoms with Gasteiger partial charge in [-0.2, -0.15) is 0 Å². The maximum absolute atomic E-state index is 5.91. The first-order valence-corrected chi connectivity index (χ1v) is 7.23. The van der Waals surface area contributed by atoms with Crippen molar-refractivity contribution in [3.05, 3.63) is 59.7 Å². The molecule has 0 saturated heterocycles. The molecule has 0 fully saturated rings. The topological polar surface area (TPSA) is 30.7 Å². The van der Waals surface area contributed by atoms with E-state index in [4.69, 9.17) is 16.6 Å². The van der Waals surface area contributed by atoms with E-state index in [1.165, 1.54) is 11.1 Å². The lowest BCUT2D eigenvalue weighted by Gasteiger charge is -2.09. The van der Waals surface area contributed by atoms with E-state index in [1.807, 2.05) is 30.5 Å². The fraction of sp³-hybridized carbons (Fsp3) is 0.250. The van der Waals surface area contributed by atoms with Crippen LogP contribution in [0.25, 0.3) is 11.0 Å². The van der Waals surface area contributed by atoms with Crippen molar-refractivity contribution in [2.45, 2.75) is 19.9 Å². The summed E-state index contributed by atoms with van der Waals surface area (Å²) in [7, 11) is 0. The van der Waals surface area contributed by atoms with Gasteiger partial charge in [-0.15, -0.1) is 11.6 Å². The van der Waals surface area contributed by atoms with Gasteiger partial charge >= 0.3 is 0 Å². The number of benzene rings is 1. The van der Waals surface area contributed by atoms with Crippen molar-refractivity contribution in [1.29, 1.82) is 0 Å². The molecule has 0 atom stereocenters. The molecule has 0 amide bonds. The number of para-hydroxylation sites is 1. The van der Waals surface area contributed by atoms with Crippen molar-refractivity contribution in [2.24, 2.45) is 0 Å². The summed E-state index contributed by atoms with van der Waals surface area (Å²) in [6, 6.07) is 12.2. The van der Waals surface area contributed by atoms with E-state index in [9.17, 15) is 0 Å². The van der Waals surface area contributed by atoms with Crippen molar-refractivity contribution >= 4 is 22.6 Å². The molecule has 102 valence electrons. The third-order valence-electron chi connectivity index (χ3n) is 3.41. The molecule has 4 heteroatoms. The van der Waals surface area contributed by atoms with Gasteiger partial charge in [0.25, 0.3) is 0 Å². The fourth-order valence-corrected chi connectivity index (χ4v) is 2.68. The summed E-state index contributed by atoms with van der Waals surface area (Å²) < 4.78 is 2.23. The number of imidazole rings is 1. The average molecular weight is 286 g/mol. The van der Waals surface area contributed by atoms with E-state index in [2.05, 4.69) is 28.6 Å². The van der Waals surface area contributed by atoms with Crippen LogP contribution in [0.5, 0.6) is 0 Å². The number of hydrogen-bond donors (Lipinski definition) is 0. The molecular weight excluding hydrogens is 270 g/mol. The lowest BCUT2D eigenvalue weighted by Crippen LogP contribution is -2.07. The molecule has 3 rings (SSSR count). The molecule has 3 nitrogen and oxygen atoms in total. The number of rotatable bonds is 4. The molecule has 2 heterocycles. The molecule has 0 radical (unpaired) electrons. The lowest BCUT2D eigenvalue weighted by molar-refractivity contribution is 0.736. The molecule has 0 aliphatic heterocycles. The highest BCUT2D eigenvalue weighted by molar-refractivity contribution is 6.17. The Hall–Kier alpha value is -1.87. The van der Waals surface area contributed by atoms with Gasteiger partial charge in [0.2, 0.25) is 0 Å². The monoisotopic (exact) mass is 285 g/mol. The van der Waals surface area contributed by atoms with E-state index >= 15 is 0 Å². The van der Waals surface area contributed by atoms with Gasteiger partial charge in [-0.1, -0.05) is 18.2 Å². The van der Waals surface area contributed by atoms with Crippen LogP contribution >= 0.6 is 11.6 Å². The number of fused-ring (bicyclic) bond motifs is 1. The fourth-order valence-electron chi connectivity index (χ4n) is 2.51. The standard InChI is InChI=1S/C16H16ClN3/c1-12-5-4-7-14-16(12)20(15(19-14)8-9-17)11-13-6-2-3-10-18-13/h2-7,10H,8-9,11H2,1H3. The predicted octanol–water partition coefficient (Wildman–Crippen LogP) is 3.57. The molecule has 20 heavy (non-hydrogen) atoms. The molecule has 3 aromatic rings. The van der Waals surface area contributed by atoms with Gasteiger partial charge in [0.05, 0.1) is 23.3 Å². The first kappa shape index (κ1) is 13.1. The molecule has 2 aromatic heterocycles. The second-order valence-corrected chi connectivity index (χ2v) is 5.19. The minimum Gasteiger partial charge on any atom is -0.322 e. The van der Waals surface area contributed by atoms with Crippen molar-refractivity contribution in [1.82, 2.24) is 14.5 Å². The second-order valence-electron chi connectivity index (χ2n) is 4.82. The number of aromatic nitrogens is 3. The summed E-state index contributed by atoms with van der Waals surface area (Å²) in [4.78, 5) is 9.12. The van der Waals surface area contributed by atoms with Crippen molar-refractivity contribution in [2.75, 3.05) is 5.88 Å². The Kier molecular flexibility index (Phi) is 3.70. The van der Waals surface area contributed by atoms with Crippen LogP contribution < -0.4 is 0 Å². The molecule has 1 aromatic carbocycles. The highest BCUT2D eigenvalue weighted by Gasteiger charge is 2.12. The van der Waals surface area contributed by atoms with Gasteiger partial charge in [0.1, 0.15) is 5.82 Å². The molecule has 0 saturated carbocycles. The van der Waals surface area contributed by atoms with Crippen molar-refractivity contribution < 1.29 is 0 Å². The van der Waals surface area contributed by atoms with E-state index in [0.29, 0.717) is 5.88 Å². The Morgan fingerprint density at radius 3 is 2.80 bits per heavy atom. The second kappa shape index (κ2) is 5.63. The molecule has 0 unspecified atom stereocenters.